The molecule has 0 aromatic carbocycles. The monoisotopic (exact) mass is 1170 g/mol. The fourth-order valence-electron chi connectivity index (χ4n) is 9.70. The van der Waals surface area contributed by atoms with Crippen LogP contribution in [-0.2, 0) is 32.7 Å². The number of likely N-dealkylation sites (N-methyl/N-ethyl adjacent to an activating group) is 1. The van der Waals surface area contributed by atoms with Crippen molar-refractivity contribution in [2.75, 3.05) is 47.5 Å². The van der Waals surface area contributed by atoms with Crippen molar-refractivity contribution in [3.63, 3.8) is 0 Å². The lowest BCUT2D eigenvalue weighted by Crippen LogP contribution is -2.37. The molecule has 0 aliphatic heterocycles. The van der Waals surface area contributed by atoms with Crippen LogP contribution in [0.3, 0.4) is 0 Å². The summed E-state index contributed by atoms with van der Waals surface area (Å²) in [5.41, 5.74) is 0. The summed E-state index contributed by atoms with van der Waals surface area (Å²) in [7, 11) is 1.18. The van der Waals surface area contributed by atoms with Crippen molar-refractivity contribution >= 4 is 19.8 Å². The molecule has 0 aromatic heterocycles. The van der Waals surface area contributed by atoms with Crippen molar-refractivity contribution < 1.29 is 42.1 Å². The average molecular weight is 1170 g/mol. The average Bonchev–Trinajstić information content (AvgIpc) is 3.46. The van der Waals surface area contributed by atoms with Crippen molar-refractivity contribution in [2.45, 2.75) is 315 Å². The highest BCUT2D eigenvalue weighted by Crippen LogP contribution is 2.38. The second-order valence-corrected chi connectivity index (χ2v) is 25.6. The zero-order valence-electron chi connectivity index (χ0n) is 54.2. The van der Waals surface area contributed by atoms with Gasteiger partial charge >= 0.3 is 11.9 Å². The number of allylic oxidation sites excluding steroid dienone is 14. The summed E-state index contributed by atoms with van der Waals surface area (Å²) in [5.74, 6) is -0.819. The number of phosphoric ester groups is 1. The highest BCUT2D eigenvalue weighted by atomic mass is 31.2. The van der Waals surface area contributed by atoms with E-state index in [0.717, 1.165) is 83.5 Å². The molecule has 0 fully saturated rings. The molecular weight excluding hydrogens is 1040 g/mol. The van der Waals surface area contributed by atoms with E-state index in [2.05, 4.69) is 98.9 Å². The summed E-state index contributed by atoms with van der Waals surface area (Å²) < 4.78 is 34.3. The summed E-state index contributed by atoms with van der Waals surface area (Å²) >= 11 is 0. The second-order valence-electron chi connectivity index (χ2n) is 24.2. The molecule has 10 heteroatoms. The summed E-state index contributed by atoms with van der Waals surface area (Å²) in [6.45, 7) is 4.17. The lowest BCUT2D eigenvalue weighted by atomic mass is 10.0. The molecule has 0 aromatic rings. The molecule has 0 amide bonds. The highest BCUT2D eigenvalue weighted by molar-refractivity contribution is 7.45. The van der Waals surface area contributed by atoms with Crippen molar-refractivity contribution in [3.8, 4) is 0 Å². The lowest BCUT2D eigenvalue weighted by Gasteiger charge is -2.28. The van der Waals surface area contributed by atoms with Gasteiger partial charge in [-0.3, -0.25) is 14.2 Å². The fraction of sp³-hybridized carbons (Fsp3) is 0.778. The van der Waals surface area contributed by atoms with E-state index in [9.17, 15) is 19.0 Å². The van der Waals surface area contributed by atoms with Crippen molar-refractivity contribution in [1.82, 2.24) is 0 Å². The van der Waals surface area contributed by atoms with Crippen LogP contribution in [0.15, 0.2) is 85.1 Å². The van der Waals surface area contributed by atoms with Gasteiger partial charge in [0.25, 0.3) is 7.82 Å². The predicted octanol–water partition coefficient (Wildman–Crippen LogP) is 21.5. The molecule has 0 aliphatic carbocycles. The van der Waals surface area contributed by atoms with Gasteiger partial charge in [-0.2, -0.15) is 0 Å². The third kappa shape index (κ3) is 66.3. The van der Waals surface area contributed by atoms with Crippen molar-refractivity contribution in [3.05, 3.63) is 85.1 Å². The normalized spacial score (nSPS) is 13.7. The first-order valence-corrected chi connectivity index (χ1v) is 35.8. The number of rotatable bonds is 63. The molecule has 0 aliphatic rings. The number of carbonyl (C=O) groups excluding carboxylic acids is 2. The summed E-state index contributed by atoms with van der Waals surface area (Å²) in [4.78, 5) is 38.0. The zero-order valence-corrected chi connectivity index (χ0v) is 55.1. The number of unbranched alkanes of at least 4 members (excludes halogenated alkanes) is 35. The van der Waals surface area contributed by atoms with E-state index in [4.69, 9.17) is 18.5 Å². The van der Waals surface area contributed by atoms with Gasteiger partial charge in [0.15, 0.2) is 6.10 Å². The zero-order chi connectivity index (χ0) is 59.8. The first kappa shape index (κ1) is 79.2. The van der Waals surface area contributed by atoms with E-state index in [1.54, 1.807) is 0 Å². The van der Waals surface area contributed by atoms with Crippen LogP contribution in [0.4, 0.5) is 0 Å². The molecule has 0 saturated carbocycles. The van der Waals surface area contributed by atoms with Gasteiger partial charge in [0.05, 0.1) is 27.7 Å². The van der Waals surface area contributed by atoms with Gasteiger partial charge in [0.1, 0.15) is 19.8 Å². The Morgan fingerprint density at radius 3 is 1.04 bits per heavy atom. The molecule has 0 N–H and O–H groups in total. The third-order valence-corrected chi connectivity index (χ3v) is 15.9. The second kappa shape index (κ2) is 62.7. The first-order chi connectivity index (χ1) is 40.0. The minimum atomic E-state index is -4.64. The van der Waals surface area contributed by atoms with Crippen LogP contribution >= 0.6 is 7.82 Å². The molecule has 82 heavy (non-hydrogen) atoms. The number of carbonyl (C=O) groups is 2. The standard InChI is InChI=1S/C72H130NO8P/c1-6-8-10-12-14-16-18-20-22-24-26-27-28-29-30-31-32-33-34-35-36-37-38-39-40-41-42-43-44-45-47-49-51-53-55-57-59-61-63-65-72(75)81-70(69-80-82(76,77)79-67-66-73(3,4)5)68-78-71(74)64-62-60-58-56-54-52-50-48-46-25-23-21-19-17-15-13-11-9-7-2/h8,10,14,16,20,22,26-27,29-30,32-33,35-36,70H,6-7,9,11-13,15,17-19,21,23-25,28,31,34,37-69H2,1-5H3/b10-8-,16-14-,22-20-,27-26-,30-29-,33-32-,36-35-. The molecule has 0 saturated heterocycles. The first-order valence-electron chi connectivity index (χ1n) is 34.3. The molecule has 2 unspecified atom stereocenters. The molecule has 0 radical (unpaired) electrons. The van der Waals surface area contributed by atoms with E-state index in [0.29, 0.717) is 17.4 Å². The highest BCUT2D eigenvalue weighted by Gasteiger charge is 2.22. The van der Waals surface area contributed by atoms with E-state index >= 15 is 0 Å². The van der Waals surface area contributed by atoms with Crippen LogP contribution in [0.1, 0.15) is 309 Å². The van der Waals surface area contributed by atoms with Gasteiger partial charge < -0.3 is 27.9 Å². The summed E-state index contributed by atoms with van der Waals surface area (Å²) in [6, 6.07) is 0. The van der Waals surface area contributed by atoms with Gasteiger partial charge in [-0.05, 0) is 70.6 Å². The van der Waals surface area contributed by atoms with Gasteiger partial charge in [-0.25, -0.2) is 0 Å². The Kier molecular flexibility index (Phi) is 60.6. The number of ether oxygens (including phenoxy) is 2. The predicted molar refractivity (Wildman–Crippen MR) is 351 cm³/mol. The topological polar surface area (TPSA) is 111 Å². The van der Waals surface area contributed by atoms with E-state index < -0.39 is 26.5 Å². The van der Waals surface area contributed by atoms with Crippen molar-refractivity contribution in [1.29, 1.82) is 0 Å². The minimum Gasteiger partial charge on any atom is -0.756 e. The van der Waals surface area contributed by atoms with Crippen LogP contribution in [0.5, 0.6) is 0 Å². The van der Waals surface area contributed by atoms with Crippen LogP contribution in [0, 0.1) is 0 Å². The number of quaternary nitrogens is 1. The Hall–Kier alpha value is -2.81. The molecule has 0 spiro atoms. The van der Waals surface area contributed by atoms with E-state index in [1.807, 2.05) is 21.1 Å². The number of hydrogen-bond donors (Lipinski definition) is 0. The van der Waals surface area contributed by atoms with E-state index in [-0.39, 0.29) is 32.0 Å². The summed E-state index contributed by atoms with van der Waals surface area (Å²) in [5, 5.41) is 0. The summed E-state index contributed by atoms with van der Waals surface area (Å²) in [6.07, 6.45) is 85.2. The Balaban J connectivity index is 3.99. The number of nitrogens with zero attached hydrogens (tertiary/aromatic N) is 1. The van der Waals surface area contributed by atoms with Gasteiger partial charge in [-0.1, -0.05) is 311 Å². The lowest BCUT2D eigenvalue weighted by molar-refractivity contribution is -0.870. The maximum absolute atomic E-state index is 12.8. The smallest absolute Gasteiger partial charge is 0.306 e. The number of hydrogen-bond acceptors (Lipinski definition) is 8. The Bertz CT molecular complexity index is 1660. The number of esters is 2. The molecule has 0 heterocycles. The van der Waals surface area contributed by atoms with Crippen LogP contribution in [0.2, 0.25) is 0 Å². The minimum absolute atomic E-state index is 0.0302. The van der Waals surface area contributed by atoms with Crippen LogP contribution in [0.25, 0.3) is 0 Å². The van der Waals surface area contributed by atoms with Crippen molar-refractivity contribution in [2.24, 2.45) is 0 Å². The van der Waals surface area contributed by atoms with E-state index in [1.165, 1.54) is 193 Å². The number of phosphoric acid groups is 1. The van der Waals surface area contributed by atoms with Crippen LogP contribution in [-0.4, -0.2) is 70.0 Å². The Morgan fingerprint density at radius 2 is 0.695 bits per heavy atom. The maximum atomic E-state index is 12.8. The Morgan fingerprint density at radius 1 is 0.390 bits per heavy atom. The van der Waals surface area contributed by atoms with Gasteiger partial charge in [0.2, 0.25) is 0 Å². The third-order valence-electron chi connectivity index (χ3n) is 14.9. The molecule has 0 bridgehead atoms. The van der Waals surface area contributed by atoms with Gasteiger partial charge in [-0.15, -0.1) is 0 Å². The van der Waals surface area contributed by atoms with Gasteiger partial charge in [0, 0.05) is 12.8 Å². The van der Waals surface area contributed by atoms with Crippen LogP contribution < -0.4 is 4.89 Å². The Labute approximate surface area is 507 Å². The largest absolute Gasteiger partial charge is 0.756 e. The molecular formula is C72H130NO8P. The SMILES string of the molecule is CC/C=C\C/C=C\C/C=C\C/C=C\C/C=C\C/C=C\C/C=C\CCCCCCCCCCCCCCCCCCCC(=O)OC(COC(=O)CCCCCCCCCCCCCCCCCCCCC)COP(=O)([O-])OCC[N+](C)(C)C. The molecule has 0 rings (SSSR count). The fourth-order valence-corrected chi connectivity index (χ4v) is 10.4. The maximum Gasteiger partial charge on any atom is 0.306 e. The quantitative estimate of drug-likeness (QED) is 0.0195. The molecule has 2 atom stereocenters. The molecule has 9 nitrogen and oxygen atoms in total. The molecule has 476 valence electrons.